The van der Waals surface area contributed by atoms with Gasteiger partial charge in [0.2, 0.25) is 0 Å². The van der Waals surface area contributed by atoms with E-state index in [0.29, 0.717) is 12.5 Å². The van der Waals surface area contributed by atoms with Gasteiger partial charge in [0.25, 0.3) is 0 Å². The average molecular weight is 293 g/mol. The minimum Gasteiger partial charge on any atom is -0.465 e. The van der Waals surface area contributed by atoms with E-state index in [2.05, 4.69) is 25.2 Å². The zero-order valence-electron chi connectivity index (χ0n) is 13.9. The summed E-state index contributed by atoms with van der Waals surface area (Å²) in [6.45, 7) is 8.94. The topological polar surface area (TPSA) is 34.4 Å². The fourth-order valence-electron chi connectivity index (χ4n) is 2.58. The fourth-order valence-corrected chi connectivity index (χ4v) is 2.58. The molecule has 1 N–H and O–H groups in total. The van der Waals surface area contributed by atoms with Crippen LogP contribution >= 0.6 is 0 Å². The molecule has 0 bridgehead atoms. The van der Waals surface area contributed by atoms with Crippen LogP contribution in [-0.2, 0) is 17.9 Å². The van der Waals surface area contributed by atoms with Gasteiger partial charge in [0.05, 0.1) is 13.2 Å². The molecule has 21 heavy (non-hydrogen) atoms. The molecule has 1 aliphatic rings. The van der Waals surface area contributed by atoms with Crippen LogP contribution in [-0.4, -0.2) is 12.6 Å². The molecule has 0 amide bonds. The van der Waals surface area contributed by atoms with E-state index in [9.17, 15) is 0 Å². The first-order chi connectivity index (χ1) is 10.2. The third-order valence-corrected chi connectivity index (χ3v) is 4.37. The number of furan rings is 1. The molecule has 1 heterocycles. The normalized spacial score (nSPS) is 16.3. The Morgan fingerprint density at radius 3 is 2.86 bits per heavy atom. The molecular weight excluding hydrogens is 262 g/mol. The number of hydrogen-bond donors (Lipinski definition) is 1. The Morgan fingerprint density at radius 2 is 2.19 bits per heavy atom. The van der Waals surface area contributed by atoms with Crippen LogP contribution < -0.4 is 5.32 Å². The van der Waals surface area contributed by atoms with Crippen molar-refractivity contribution < 1.29 is 9.15 Å². The van der Waals surface area contributed by atoms with Crippen molar-refractivity contribution in [2.45, 2.75) is 78.5 Å². The van der Waals surface area contributed by atoms with Gasteiger partial charge in [0, 0.05) is 18.2 Å². The van der Waals surface area contributed by atoms with Crippen LogP contribution in [0.2, 0.25) is 0 Å². The second-order valence-electron chi connectivity index (χ2n) is 6.38. The molecule has 3 heteroatoms. The average Bonchev–Trinajstić information content (AvgIpc) is 3.25. The molecule has 0 aromatic carbocycles. The predicted molar refractivity (Wildman–Crippen MR) is 86.3 cm³/mol. The van der Waals surface area contributed by atoms with Crippen LogP contribution in [0.15, 0.2) is 10.5 Å². The number of unbranched alkanes of at least 4 members (excludes halogenated alkanes) is 1. The molecule has 120 valence electrons. The van der Waals surface area contributed by atoms with Gasteiger partial charge in [-0.15, -0.1) is 0 Å². The second kappa shape index (κ2) is 8.60. The van der Waals surface area contributed by atoms with Crippen molar-refractivity contribution in [3.63, 3.8) is 0 Å². The first-order valence-corrected chi connectivity index (χ1v) is 8.62. The van der Waals surface area contributed by atoms with E-state index in [1.807, 2.05) is 6.92 Å². The molecule has 3 nitrogen and oxygen atoms in total. The number of aryl methyl sites for hydroxylation is 1. The van der Waals surface area contributed by atoms with E-state index in [0.717, 1.165) is 30.7 Å². The molecule has 2 rings (SSSR count). The van der Waals surface area contributed by atoms with Gasteiger partial charge in [-0.3, -0.25) is 0 Å². The zero-order valence-corrected chi connectivity index (χ0v) is 13.9. The highest BCUT2D eigenvalue weighted by atomic mass is 16.5. The van der Waals surface area contributed by atoms with E-state index in [4.69, 9.17) is 9.15 Å². The molecule has 1 unspecified atom stereocenters. The quantitative estimate of drug-likeness (QED) is 0.649. The highest BCUT2D eigenvalue weighted by molar-refractivity contribution is 5.20. The second-order valence-corrected chi connectivity index (χ2v) is 6.38. The Kier molecular flexibility index (Phi) is 6.78. The van der Waals surface area contributed by atoms with Crippen molar-refractivity contribution in [3.8, 4) is 0 Å². The Hall–Kier alpha value is -0.800. The maximum Gasteiger partial charge on any atom is 0.118 e. The van der Waals surface area contributed by atoms with E-state index in [-0.39, 0.29) is 0 Å². The smallest absolute Gasteiger partial charge is 0.118 e. The van der Waals surface area contributed by atoms with E-state index < -0.39 is 0 Å². The van der Waals surface area contributed by atoms with Crippen LogP contribution in [0, 0.1) is 12.8 Å². The summed E-state index contributed by atoms with van der Waals surface area (Å²) in [5, 5.41) is 3.49. The molecule has 1 saturated carbocycles. The lowest BCUT2D eigenvalue weighted by atomic mass is 10.0. The van der Waals surface area contributed by atoms with Crippen molar-refractivity contribution in [1.82, 2.24) is 5.32 Å². The van der Waals surface area contributed by atoms with Crippen LogP contribution in [0.25, 0.3) is 0 Å². The molecular formula is C18H31NO2. The maximum absolute atomic E-state index is 5.92. The van der Waals surface area contributed by atoms with Gasteiger partial charge in [0.15, 0.2) is 0 Å². The molecule has 0 aliphatic heterocycles. The first kappa shape index (κ1) is 16.6. The van der Waals surface area contributed by atoms with Crippen molar-refractivity contribution in [1.29, 1.82) is 0 Å². The largest absolute Gasteiger partial charge is 0.465 e. The summed E-state index contributed by atoms with van der Waals surface area (Å²) in [6.07, 6.45) is 7.70. The highest BCUT2D eigenvalue weighted by Crippen LogP contribution is 2.21. The minimum absolute atomic E-state index is 0.682. The van der Waals surface area contributed by atoms with Crippen molar-refractivity contribution in [3.05, 3.63) is 23.2 Å². The first-order valence-electron chi connectivity index (χ1n) is 8.62. The Bertz CT molecular complexity index is 409. The summed E-state index contributed by atoms with van der Waals surface area (Å²) in [5.74, 6) is 2.74. The van der Waals surface area contributed by atoms with E-state index in [1.165, 1.54) is 44.1 Å². The van der Waals surface area contributed by atoms with E-state index in [1.54, 1.807) is 0 Å². The molecule has 1 aromatic heterocycles. The van der Waals surface area contributed by atoms with Gasteiger partial charge in [-0.2, -0.15) is 0 Å². The lowest BCUT2D eigenvalue weighted by Gasteiger charge is -2.14. The van der Waals surface area contributed by atoms with Crippen molar-refractivity contribution in [2.75, 3.05) is 6.61 Å². The summed E-state index contributed by atoms with van der Waals surface area (Å²) in [4.78, 5) is 0. The summed E-state index contributed by atoms with van der Waals surface area (Å²) < 4.78 is 11.7. The Morgan fingerprint density at radius 1 is 1.38 bits per heavy atom. The molecule has 1 fully saturated rings. The SMILES string of the molecule is CCCCC(CC)COCc1cc(CNC2CC2)oc1C. The molecule has 1 aromatic rings. The van der Waals surface area contributed by atoms with Gasteiger partial charge in [-0.25, -0.2) is 0 Å². The van der Waals surface area contributed by atoms with Crippen molar-refractivity contribution >= 4 is 0 Å². The number of nitrogens with one attached hydrogen (secondary N) is 1. The molecule has 0 spiro atoms. The van der Waals surface area contributed by atoms with Gasteiger partial charge in [-0.05, 0) is 38.2 Å². The lowest BCUT2D eigenvalue weighted by Crippen LogP contribution is -2.14. The zero-order chi connectivity index (χ0) is 15.1. The Balaban J connectivity index is 1.71. The van der Waals surface area contributed by atoms with Crippen LogP contribution in [0.4, 0.5) is 0 Å². The van der Waals surface area contributed by atoms with Crippen LogP contribution in [0.1, 0.15) is 69.5 Å². The highest BCUT2D eigenvalue weighted by Gasteiger charge is 2.20. The lowest BCUT2D eigenvalue weighted by molar-refractivity contribution is 0.0812. The van der Waals surface area contributed by atoms with Crippen molar-refractivity contribution in [2.24, 2.45) is 5.92 Å². The summed E-state index contributed by atoms with van der Waals surface area (Å²) >= 11 is 0. The minimum atomic E-state index is 0.682. The van der Waals surface area contributed by atoms with Gasteiger partial charge >= 0.3 is 0 Å². The van der Waals surface area contributed by atoms with Gasteiger partial charge in [0.1, 0.15) is 11.5 Å². The molecule has 0 saturated heterocycles. The maximum atomic E-state index is 5.92. The third kappa shape index (κ3) is 5.84. The number of ether oxygens (including phenoxy) is 1. The van der Waals surface area contributed by atoms with Gasteiger partial charge in [-0.1, -0.05) is 33.1 Å². The summed E-state index contributed by atoms with van der Waals surface area (Å²) in [7, 11) is 0. The standard InChI is InChI=1S/C18H31NO2/c1-4-6-7-15(5-2)12-20-13-16-10-18(21-14(16)3)11-19-17-8-9-17/h10,15,17,19H,4-9,11-13H2,1-3H3. The third-order valence-electron chi connectivity index (χ3n) is 4.37. The number of rotatable bonds is 11. The van der Waals surface area contributed by atoms with E-state index >= 15 is 0 Å². The molecule has 0 radical (unpaired) electrons. The number of hydrogen-bond acceptors (Lipinski definition) is 3. The fraction of sp³-hybridized carbons (Fsp3) is 0.778. The van der Waals surface area contributed by atoms with Gasteiger partial charge < -0.3 is 14.5 Å². The molecule has 1 aliphatic carbocycles. The summed E-state index contributed by atoms with van der Waals surface area (Å²) in [5.41, 5.74) is 1.20. The summed E-state index contributed by atoms with van der Waals surface area (Å²) in [6, 6.07) is 2.87. The predicted octanol–water partition coefficient (Wildman–Crippen LogP) is 4.57. The molecule has 1 atom stereocenters. The monoisotopic (exact) mass is 293 g/mol. The Labute approximate surface area is 129 Å². The van der Waals surface area contributed by atoms with Crippen LogP contribution in [0.5, 0.6) is 0 Å². The van der Waals surface area contributed by atoms with Crippen LogP contribution in [0.3, 0.4) is 0 Å².